The number of aryl methyl sites for hydroxylation is 1. The minimum absolute atomic E-state index is 0.159. The third-order valence-corrected chi connectivity index (χ3v) is 7.24. The van der Waals surface area contributed by atoms with Gasteiger partial charge in [0, 0.05) is 11.3 Å². The SMILES string of the molecule is Cc1nc(NC(=O)c2nn(-c3ccc(F)cc3)c3c2CCCC3)sc1SCC(N)=O. The molecule has 2 aromatic heterocycles. The van der Waals surface area contributed by atoms with E-state index in [1.54, 1.807) is 16.8 Å². The highest BCUT2D eigenvalue weighted by molar-refractivity contribution is 8.01. The second-order valence-corrected chi connectivity index (χ2v) is 9.21. The van der Waals surface area contributed by atoms with Crippen LogP contribution in [0, 0.1) is 12.7 Å². The molecule has 0 radical (unpaired) electrons. The lowest BCUT2D eigenvalue weighted by molar-refractivity contribution is -0.115. The average Bonchev–Trinajstić information content (AvgIpc) is 3.27. The van der Waals surface area contributed by atoms with Crippen molar-refractivity contribution in [3.8, 4) is 5.69 Å². The molecular formula is C20H20FN5O2S2. The van der Waals surface area contributed by atoms with Crippen LogP contribution in [-0.4, -0.2) is 32.3 Å². The van der Waals surface area contributed by atoms with Crippen molar-refractivity contribution in [2.24, 2.45) is 5.73 Å². The number of hydrogen-bond acceptors (Lipinski definition) is 6. The summed E-state index contributed by atoms with van der Waals surface area (Å²) in [4.78, 5) is 28.4. The summed E-state index contributed by atoms with van der Waals surface area (Å²) >= 11 is 2.61. The molecule has 0 spiro atoms. The van der Waals surface area contributed by atoms with Crippen LogP contribution in [0.5, 0.6) is 0 Å². The first kappa shape index (κ1) is 20.5. The van der Waals surface area contributed by atoms with Gasteiger partial charge in [0.15, 0.2) is 10.8 Å². The Morgan fingerprint density at radius 3 is 2.73 bits per heavy atom. The molecule has 3 aromatic rings. The van der Waals surface area contributed by atoms with Crippen LogP contribution in [0.3, 0.4) is 0 Å². The minimum Gasteiger partial charge on any atom is -0.369 e. The summed E-state index contributed by atoms with van der Waals surface area (Å²) in [5.74, 6) is -0.890. The van der Waals surface area contributed by atoms with Crippen LogP contribution in [0.25, 0.3) is 5.69 Å². The number of amides is 2. The fraction of sp³-hybridized carbons (Fsp3) is 0.300. The molecule has 156 valence electrons. The third kappa shape index (κ3) is 4.24. The molecule has 0 bridgehead atoms. The molecule has 0 fully saturated rings. The van der Waals surface area contributed by atoms with Gasteiger partial charge < -0.3 is 5.73 Å². The number of nitrogens with zero attached hydrogens (tertiary/aromatic N) is 3. The summed E-state index contributed by atoms with van der Waals surface area (Å²) in [6.45, 7) is 1.82. The number of nitrogens with two attached hydrogens (primary N) is 1. The highest BCUT2D eigenvalue weighted by atomic mass is 32.2. The van der Waals surface area contributed by atoms with Gasteiger partial charge in [0.25, 0.3) is 5.91 Å². The number of aromatic nitrogens is 3. The van der Waals surface area contributed by atoms with E-state index in [1.165, 1.54) is 35.2 Å². The molecule has 3 N–H and O–H groups in total. The van der Waals surface area contributed by atoms with Gasteiger partial charge in [-0.05, 0) is 56.9 Å². The van der Waals surface area contributed by atoms with E-state index in [4.69, 9.17) is 5.73 Å². The van der Waals surface area contributed by atoms with Gasteiger partial charge in [-0.3, -0.25) is 14.9 Å². The predicted molar refractivity (Wildman–Crippen MR) is 115 cm³/mol. The maximum atomic E-state index is 13.3. The van der Waals surface area contributed by atoms with Crippen LogP contribution in [0.15, 0.2) is 28.5 Å². The number of halogens is 1. The molecule has 0 aliphatic heterocycles. The third-order valence-electron chi connectivity index (χ3n) is 4.79. The first-order valence-corrected chi connectivity index (χ1v) is 11.3. The lowest BCUT2D eigenvalue weighted by Gasteiger charge is -2.14. The fourth-order valence-corrected chi connectivity index (χ4v) is 5.31. The smallest absolute Gasteiger partial charge is 0.278 e. The molecule has 0 saturated heterocycles. The number of primary amides is 1. The Labute approximate surface area is 180 Å². The van der Waals surface area contributed by atoms with E-state index in [-0.39, 0.29) is 17.5 Å². The highest BCUT2D eigenvalue weighted by Gasteiger charge is 2.26. The van der Waals surface area contributed by atoms with Crippen molar-refractivity contribution >= 4 is 40.0 Å². The number of thioether (sulfide) groups is 1. The van der Waals surface area contributed by atoms with Crippen LogP contribution in [0.2, 0.25) is 0 Å². The summed E-state index contributed by atoms with van der Waals surface area (Å²) in [5.41, 5.74) is 8.95. The van der Waals surface area contributed by atoms with E-state index < -0.39 is 5.91 Å². The lowest BCUT2D eigenvalue weighted by Crippen LogP contribution is -2.15. The first-order chi connectivity index (χ1) is 14.4. The van der Waals surface area contributed by atoms with Crippen molar-refractivity contribution in [2.45, 2.75) is 36.8 Å². The number of anilines is 1. The summed E-state index contributed by atoms with van der Waals surface area (Å²) in [7, 11) is 0. The molecular weight excluding hydrogens is 425 g/mol. The van der Waals surface area contributed by atoms with Gasteiger partial charge in [-0.15, -0.1) is 11.8 Å². The minimum atomic E-state index is -0.406. The number of carbonyl (C=O) groups is 2. The van der Waals surface area contributed by atoms with Gasteiger partial charge in [-0.1, -0.05) is 11.3 Å². The summed E-state index contributed by atoms with van der Waals surface area (Å²) in [5, 5.41) is 7.85. The largest absolute Gasteiger partial charge is 0.369 e. The van der Waals surface area contributed by atoms with E-state index >= 15 is 0 Å². The van der Waals surface area contributed by atoms with Crippen molar-refractivity contribution in [3.63, 3.8) is 0 Å². The predicted octanol–water partition coefficient (Wildman–Crippen LogP) is 3.48. The number of carbonyl (C=O) groups excluding carboxylic acids is 2. The Balaban J connectivity index is 1.61. The normalized spacial score (nSPS) is 13.1. The summed E-state index contributed by atoms with van der Waals surface area (Å²) in [6.07, 6.45) is 3.60. The second kappa shape index (κ2) is 8.57. The number of hydrogen-bond donors (Lipinski definition) is 2. The van der Waals surface area contributed by atoms with Crippen LogP contribution < -0.4 is 11.1 Å². The number of nitrogens with one attached hydrogen (secondary N) is 1. The van der Waals surface area contributed by atoms with E-state index in [1.807, 2.05) is 6.92 Å². The zero-order valence-corrected chi connectivity index (χ0v) is 17.9. The maximum Gasteiger partial charge on any atom is 0.278 e. The standard InChI is InChI=1S/C20H20FN5O2S2/c1-11-19(29-10-16(22)27)30-20(23-11)24-18(28)17-14-4-2-3-5-15(14)26(25-17)13-8-6-12(21)7-9-13/h6-9H,2-5,10H2,1H3,(H2,22,27)(H,23,24,28). The Morgan fingerprint density at radius 2 is 2.00 bits per heavy atom. The Kier molecular flexibility index (Phi) is 5.87. The lowest BCUT2D eigenvalue weighted by atomic mass is 9.95. The zero-order valence-electron chi connectivity index (χ0n) is 16.3. The Hall–Kier alpha value is -2.72. The second-order valence-electron chi connectivity index (χ2n) is 6.97. The van der Waals surface area contributed by atoms with Gasteiger partial charge in [0.05, 0.1) is 21.3 Å². The van der Waals surface area contributed by atoms with Crippen molar-refractivity contribution in [1.29, 1.82) is 0 Å². The molecule has 0 saturated carbocycles. The molecule has 4 rings (SSSR count). The summed E-state index contributed by atoms with van der Waals surface area (Å²) in [6, 6.07) is 6.09. The van der Waals surface area contributed by atoms with E-state index in [0.717, 1.165) is 52.5 Å². The molecule has 0 atom stereocenters. The fourth-order valence-electron chi connectivity index (χ4n) is 3.44. The van der Waals surface area contributed by atoms with Gasteiger partial charge in [-0.2, -0.15) is 5.10 Å². The maximum absolute atomic E-state index is 13.3. The molecule has 1 aromatic carbocycles. The van der Waals surface area contributed by atoms with Crippen molar-refractivity contribution < 1.29 is 14.0 Å². The molecule has 1 aliphatic rings. The Bertz CT molecular complexity index is 1110. The molecule has 7 nitrogen and oxygen atoms in total. The quantitative estimate of drug-likeness (QED) is 0.566. The number of rotatable bonds is 6. The number of thiazole rings is 1. The van der Waals surface area contributed by atoms with Gasteiger partial charge in [0.1, 0.15) is 5.82 Å². The van der Waals surface area contributed by atoms with Gasteiger partial charge >= 0.3 is 0 Å². The van der Waals surface area contributed by atoms with Crippen molar-refractivity contribution in [2.75, 3.05) is 11.1 Å². The monoisotopic (exact) mass is 445 g/mol. The topological polar surface area (TPSA) is 103 Å². The van der Waals surface area contributed by atoms with E-state index in [0.29, 0.717) is 10.8 Å². The molecule has 30 heavy (non-hydrogen) atoms. The van der Waals surface area contributed by atoms with Gasteiger partial charge in [-0.25, -0.2) is 14.1 Å². The molecule has 0 unspecified atom stereocenters. The summed E-state index contributed by atoms with van der Waals surface area (Å²) < 4.78 is 15.9. The highest BCUT2D eigenvalue weighted by Crippen LogP contribution is 2.33. The molecule has 2 heterocycles. The molecule has 10 heteroatoms. The Morgan fingerprint density at radius 1 is 1.27 bits per heavy atom. The molecule has 1 aliphatic carbocycles. The molecule has 2 amide bonds. The van der Waals surface area contributed by atoms with E-state index in [2.05, 4.69) is 15.4 Å². The van der Waals surface area contributed by atoms with Crippen LogP contribution in [0.1, 0.15) is 40.3 Å². The van der Waals surface area contributed by atoms with Crippen LogP contribution in [-0.2, 0) is 17.6 Å². The van der Waals surface area contributed by atoms with Crippen LogP contribution >= 0.6 is 23.1 Å². The number of benzene rings is 1. The first-order valence-electron chi connectivity index (χ1n) is 9.49. The van der Waals surface area contributed by atoms with Gasteiger partial charge in [0.2, 0.25) is 5.91 Å². The van der Waals surface area contributed by atoms with Crippen LogP contribution in [0.4, 0.5) is 9.52 Å². The van der Waals surface area contributed by atoms with Crippen molar-refractivity contribution in [1.82, 2.24) is 14.8 Å². The number of fused-ring (bicyclic) bond motifs is 1. The van der Waals surface area contributed by atoms with Crippen molar-refractivity contribution in [3.05, 3.63) is 52.7 Å². The van der Waals surface area contributed by atoms with E-state index in [9.17, 15) is 14.0 Å². The average molecular weight is 446 g/mol. The zero-order chi connectivity index (χ0) is 21.3.